The third kappa shape index (κ3) is 3.16. The maximum Gasteiger partial charge on any atom is 0.283 e. The summed E-state index contributed by atoms with van der Waals surface area (Å²) < 4.78 is 62.1. The molecule has 1 fully saturated rings. The molecular weight excluding hydrogens is 404 g/mol. The summed E-state index contributed by atoms with van der Waals surface area (Å²) in [5.41, 5.74) is 2.55. The maximum atomic E-state index is 14.6. The molecule has 30 heavy (non-hydrogen) atoms. The van der Waals surface area contributed by atoms with Gasteiger partial charge in [0.1, 0.15) is 23.7 Å². The van der Waals surface area contributed by atoms with Crippen LogP contribution in [-0.2, 0) is 16.7 Å². The number of Topliss-reactive ketones (excluding diaryl/α,β-unsaturated/α-hetero) is 1. The Morgan fingerprint density at radius 2 is 2.10 bits per heavy atom. The van der Waals surface area contributed by atoms with Gasteiger partial charge < -0.3 is 10.5 Å². The van der Waals surface area contributed by atoms with Gasteiger partial charge in [0, 0.05) is 24.1 Å². The first-order valence-electron chi connectivity index (χ1n) is 8.94. The lowest BCUT2D eigenvalue weighted by molar-refractivity contribution is 0.0176. The SMILES string of the molecule is N#Cc1cnc(C(=O)Cc2ccc(F)c([C@@]3(C(F)F)N=C(N)O[C@@H]4C[C@@H]43)c2)c(F)c1. The standard InChI is InChI=1S/C20H14F4N4O2/c21-13-2-1-9(5-15(29)17-14(22)4-10(7-25)8-27-17)3-11(13)20(18(23)24)12-6-16(12)30-19(26)28-20/h1-4,8,12,16,18H,5-6H2,(H2,26,28)/t12-,16+,20+/m0/s1. The Labute approximate surface area is 168 Å². The number of fused-ring (bicyclic) bond motifs is 1. The minimum Gasteiger partial charge on any atom is -0.462 e. The zero-order valence-electron chi connectivity index (χ0n) is 15.3. The van der Waals surface area contributed by atoms with Crippen LogP contribution in [0.2, 0.25) is 0 Å². The second-order valence-electron chi connectivity index (χ2n) is 7.15. The molecule has 10 heteroatoms. The van der Waals surface area contributed by atoms with Crippen LogP contribution in [0, 0.1) is 28.9 Å². The first-order chi connectivity index (χ1) is 14.3. The number of aliphatic imine (C=N–C) groups is 1. The van der Waals surface area contributed by atoms with Crippen LogP contribution < -0.4 is 5.73 Å². The Morgan fingerprint density at radius 1 is 1.33 bits per heavy atom. The van der Waals surface area contributed by atoms with Crippen LogP contribution in [0.1, 0.15) is 33.6 Å². The summed E-state index contributed by atoms with van der Waals surface area (Å²) >= 11 is 0. The molecule has 0 amide bonds. The highest BCUT2D eigenvalue weighted by molar-refractivity contribution is 5.96. The van der Waals surface area contributed by atoms with Gasteiger partial charge in [-0.3, -0.25) is 4.79 Å². The van der Waals surface area contributed by atoms with Crippen LogP contribution in [0.15, 0.2) is 35.5 Å². The van der Waals surface area contributed by atoms with Crippen molar-refractivity contribution in [1.29, 1.82) is 5.26 Å². The molecule has 2 aliphatic rings. The van der Waals surface area contributed by atoms with E-state index in [4.69, 9.17) is 15.7 Å². The Bertz CT molecular complexity index is 1110. The molecule has 6 nitrogen and oxygen atoms in total. The van der Waals surface area contributed by atoms with E-state index in [1.54, 1.807) is 6.07 Å². The smallest absolute Gasteiger partial charge is 0.283 e. The number of nitrogens with zero attached hydrogens (tertiary/aromatic N) is 3. The van der Waals surface area contributed by atoms with E-state index in [2.05, 4.69) is 9.98 Å². The number of ketones is 1. The van der Waals surface area contributed by atoms with Gasteiger partial charge in [-0.1, -0.05) is 6.07 Å². The molecular formula is C20H14F4N4O2. The second kappa shape index (κ2) is 7.09. The number of carbonyl (C=O) groups excluding carboxylic acids is 1. The topological polar surface area (TPSA) is 101 Å². The number of nitriles is 1. The normalized spacial score (nSPS) is 24.5. The monoisotopic (exact) mass is 418 g/mol. The predicted molar refractivity (Wildman–Crippen MR) is 95.6 cm³/mol. The summed E-state index contributed by atoms with van der Waals surface area (Å²) in [6.07, 6.45) is -2.75. The third-order valence-corrected chi connectivity index (χ3v) is 5.26. The van der Waals surface area contributed by atoms with Gasteiger partial charge in [-0.25, -0.2) is 27.5 Å². The van der Waals surface area contributed by atoms with E-state index in [0.717, 1.165) is 24.4 Å². The van der Waals surface area contributed by atoms with Crippen LogP contribution in [0.25, 0.3) is 0 Å². The number of nitrogens with two attached hydrogens (primary N) is 1. The van der Waals surface area contributed by atoms with E-state index >= 15 is 0 Å². The summed E-state index contributed by atoms with van der Waals surface area (Å²) in [5.74, 6) is -3.39. The van der Waals surface area contributed by atoms with Gasteiger partial charge in [0.25, 0.3) is 12.4 Å². The highest BCUT2D eigenvalue weighted by Gasteiger charge is 2.64. The average molecular weight is 418 g/mol. The quantitative estimate of drug-likeness (QED) is 0.594. The molecule has 2 aromatic rings. The van der Waals surface area contributed by atoms with E-state index in [1.165, 1.54) is 6.07 Å². The number of rotatable bonds is 5. The zero-order chi connectivity index (χ0) is 21.6. The van der Waals surface area contributed by atoms with Gasteiger partial charge in [-0.05, 0) is 30.2 Å². The fourth-order valence-corrected chi connectivity index (χ4v) is 3.76. The lowest BCUT2D eigenvalue weighted by atomic mass is 9.83. The van der Waals surface area contributed by atoms with Gasteiger partial charge >= 0.3 is 0 Å². The number of hydrogen-bond donors (Lipinski definition) is 1. The number of hydrogen-bond acceptors (Lipinski definition) is 6. The van der Waals surface area contributed by atoms with Crippen molar-refractivity contribution >= 4 is 11.8 Å². The van der Waals surface area contributed by atoms with Crippen molar-refractivity contribution in [2.45, 2.75) is 30.9 Å². The molecule has 1 aromatic carbocycles. The molecule has 0 unspecified atom stereocenters. The molecule has 0 bridgehead atoms. The molecule has 154 valence electrons. The number of amidine groups is 1. The summed E-state index contributed by atoms with van der Waals surface area (Å²) in [6, 6.07) is 5.45. The van der Waals surface area contributed by atoms with Gasteiger partial charge in [0.05, 0.1) is 5.56 Å². The lowest BCUT2D eigenvalue weighted by Gasteiger charge is -2.33. The zero-order valence-corrected chi connectivity index (χ0v) is 15.3. The molecule has 0 saturated heterocycles. The Hall–Kier alpha value is -3.48. The first kappa shape index (κ1) is 19.8. The molecule has 1 aliphatic carbocycles. The average Bonchev–Trinajstić information content (AvgIpc) is 3.48. The predicted octanol–water partition coefficient (Wildman–Crippen LogP) is 2.85. The second-order valence-corrected chi connectivity index (χ2v) is 7.15. The first-order valence-corrected chi connectivity index (χ1v) is 8.94. The lowest BCUT2D eigenvalue weighted by Crippen LogP contribution is -2.43. The number of halogens is 4. The molecule has 1 saturated carbocycles. The summed E-state index contributed by atoms with van der Waals surface area (Å²) in [6.45, 7) is 0. The van der Waals surface area contributed by atoms with E-state index in [0.29, 0.717) is 0 Å². The van der Waals surface area contributed by atoms with Crippen LogP contribution >= 0.6 is 0 Å². The Balaban J connectivity index is 1.70. The molecule has 0 radical (unpaired) electrons. The molecule has 4 rings (SSSR count). The van der Waals surface area contributed by atoms with Crippen molar-refractivity contribution in [2.24, 2.45) is 16.6 Å². The van der Waals surface area contributed by atoms with Gasteiger partial charge in [-0.15, -0.1) is 0 Å². The number of pyridine rings is 1. The molecule has 0 spiro atoms. The van der Waals surface area contributed by atoms with E-state index in [-0.39, 0.29) is 17.5 Å². The summed E-state index contributed by atoms with van der Waals surface area (Å²) in [5, 5.41) is 8.75. The number of benzene rings is 1. The largest absolute Gasteiger partial charge is 0.462 e. The maximum absolute atomic E-state index is 14.6. The number of aromatic nitrogens is 1. The highest BCUT2D eigenvalue weighted by Crippen LogP contribution is 2.56. The highest BCUT2D eigenvalue weighted by atomic mass is 19.3. The number of carbonyl (C=O) groups is 1. The fourth-order valence-electron chi connectivity index (χ4n) is 3.76. The minimum atomic E-state index is -3.06. The van der Waals surface area contributed by atoms with Crippen LogP contribution in [0.3, 0.4) is 0 Å². The van der Waals surface area contributed by atoms with E-state index in [9.17, 15) is 22.4 Å². The summed E-state index contributed by atoms with van der Waals surface area (Å²) in [4.78, 5) is 19.9. The molecule has 2 N–H and O–H groups in total. The van der Waals surface area contributed by atoms with Crippen LogP contribution in [0.4, 0.5) is 17.6 Å². The molecule has 1 aliphatic heterocycles. The van der Waals surface area contributed by atoms with Crippen LogP contribution in [0.5, 0.6) is 0 Å². The summed E-state index contributed by atoms with van der Waals surface area (Å²) in [7, 11) is 0. The molecule has 3 atom stereocenters. The van der Waals surface area contributed by atoms with Gasteiger partial charge in [0.15, 0.2) is 17.1 Å². The molecule has 1 aromatic heterocycles. The molecule has 2 heterocycles. The Kier molecular flexibility index (Phi) is 4.68. The number of ether oxygens (including phenoxy) is 1. The van der Waals surface area contributed by atoms with Crippen molar-refractivity contribution in [1.82, 2.24) is 4.98 Å². The van der Waals surface area contributed by atoms with Crippen molar-refractivity contribution in [3.05, 3.63) is 64.5 Å². The minimum absolute atomic E-state index is 0.0547. The van der Waals surface area contributed by atoms with Crippen molar-refractivity contribution < 1.29 is 27.1 Å². The number of alkyl halides is 2. The van der Waals surface area contributed by atoms with Crippen LogP contribution in [-0.4, -0.2) is 29.3 Å². The van der Waals surface area contributed by atoms with E-state index in [1.807, 2.05) is 0 Å². The van der Waals surface area contributed by atoms with Gasteiger partial charge in [0.2, 0.25) is 0 Å². The van der Waals surface area contributed by atoms with E-state index < -0.39 is 65.1 Å². The third-order valence-electron chi connectivity index (χ3n) is 5.26. The fraction of sp³-hybridized carbons (Fsp3) is 0.300. The Morgan fingerprint density at radius 3 is 2.77 bits per heavy atom. The van der Waals surface area contributed by atoms with Crippen molar-refractivity contribution in [3.63, 3.8) is 0 Å². The van der Waals surface area contributed by atoms with Crippen molar-refractivity contribution in [2.75, 3.05) is 0 Å². The van der Waals surface area contributed by atoms with Crippen molar-refractivity contribution in [3.8, 4) is 6.07 Å². The van der Waals surface area contributed by atoms with Gasteiger partial charge in [-0.2, -0.15) is 5.26 Å².